The fourth-order valence-electron chi connectivity index (χ4n) is 2.40. The number of aryl methyl sites for hydroxylation is 1. The first-order chi connectivity index (χ1) is 9.37. The molecule has 1 heterocycles. The molecule has 1 aliphatic heterocycles. The number of ketones is 1. The summed E-state index contributed by atoms with van der Waals surface area (Å²) in [6, 6.07) is 5.12. The van der Waals surface area contributed by atoms with Crippen molar-refractivity contribution in [2.45, 2.75) is 20.3 Å². The van der Waals surface area contributed by atoms with Gasteiger partial charge in [0.15, 0.2) is 9.84 Å². The van der Waals surface area contributed by atoms with Crippen molar-refractivity contribution in [2.24, 2.45) is 0 Å². The van der Waals surface area contributed by atoms with Gasteiger partial charge in [-0.3, -0.25) is 9.59 Å². The molecule has 5 nitrogen and oxygen atoms in total. The van der Waals surface area contributed by atoms with Crippen LogP contribution in [0.2, 0.25) is 0 Å². The van der Waals surface area contributed by atoms with Crippen LogP contribution in [0.5, 0.6) is 0 Å². The van der Waals surface area contributed by atoms with Gasteiger partial charge < -0.3 is 4.90 Å². The minimum absolute atomic E-state index is 0.0325. The van der Waals surface area contributed by atoms with E-state index in [1.807, 2.05) is 0 Å². The molecule has 0 fully saturated rings. The van der Waals surface area contributed by atoms with Crippen molar-refractivity contribution in [3.05, 3.63) is 29.3 Å². The van der Waals surface area contributed by atoms with E-state index in [9.17, 15) is 18.0 Å². The van der Waals surface area contributed by atoms with Crippen LogP contribution in [0.25, 0.3) is 0 Å². The van der Waals surface area contributed by atoms with Gasteiger partial charge in [0.25, 0.3) is 11.7 Å². The van der Waals surface area contributed by atoms with Gasteiger partial charge in [0.05, 0.1) is 17.0 Å². The van der Waals surface area contributed by atoms with Crippen molar-refractivity contribution >= 4 is 27.2 Å². The number of fused-ring (bicyclic) bond motifs is 1. The molecule has 0 unspecified atom stereocenters. The topological polar surface area (TPSA) is 71.5 Å². The average molecular weight is 295 g/mol. The molecule has 0 spiro atoms. The van der Waals surface area contributed by atoms with Gasteiger partial charge in [-0.25, -0.2) is 8.42 Å². The first kappa shape index (κ1) is 14.7. The van der Waals surface area contributed by atoms with E-state index in [0.717, 1.165) is 5.56 Å². The van der Waals surface area contributed by atoms with Crippen LogP contribution in [0.1, 0.15) is 29.3 Å². The van der Waals surface area contributed by atoms with Crippen LogP contribution in [0.15, 0.2) is 18.2 Å². The molecule has 6 heteroatoms. The van der Waals surface area contributed by atoms with Gasteiger partial charge in [-0.05, 0) is 25.0 Å². The number of nitrogens with zero attached hydrogens (tertiary/aromatic N) is 1. The molecular weight excluding hydrogens is 278 g/mol. The van der Waals surface area contributed by atoms with Crippen molar-refractivity contribution in [1.82, 2.24) is 0 Å². The van der Waals surface area contributed by atoms with Gasteiger partial charge in [0, 0.05) is 12.3 Å². The molecule has 0 saturated heterocycles. The van der Waals surface area contributed by atoms with Gasteiger partial charge in [0.1, 0.15) is 0 Å². The third-order valence-electron chi connectivity index (χ3n) is 3.33. The zero-order valence-electron chi connectivity index (χ0n) is 11.5. The number of hydrogen-bond acceptors (Lipinski definition) is 4. The Hall–Kier alpha value is -1.69. The van der Waals surface area contributed by atoms with E-state index < -0.39 is 21.5 Å². The molecule has 1 amide bonds. The number of carbonyl (C=O) groups excluding carboxylic acids is 2. The maximum absolute atomic E-state index is 12.0. The summed E-state index contributed by atoms with van der Waals surface area (Å²) in [7, 11) is -3.18. The number of anilines is 1. The SMILES string of the molecule is CCCS(=O)(=O)CCN1C(=O)C(=O)c2cccc(C)c21. The molecule has 0 radical (unpaired) electrons. The third kappa shape index (κ3) is 2.60. The van der Waals surface area contributed by atoms with Gasteiger partial charge in [-0.2, -0.15) is 0 Å². The van der Waals surface area contributed by atoms with E-state index in [0.29, 0.717) is 17.7 Å². The van der Waals surface area contributed by atoms with Crippen LogP contribution >= 0.6 is 0 Å². The van der Waals surface area contributed by atoms with Crippen molar-refractivity contribution in [3.8, 4) is 0 Å². The van der Waals surface area contributed by atoms with E-state index in [1.54, 1.807) is 32.0 Å². The number of Topliss-reactive ketones (excluding diaryl/α,β-unsaturated/α-hetero) is 1. The van der Waals surface area contributed by atoms with E-state index >= 15 is 0 Å². The minimum atomic E-state index is -3.18. The Morgan fingerprint density at radius 1 is 1.15 bits per heavy atom. The van der Waals surface area contributed by atoms with Crippen molar-refractivity contribution in [2.75, 3.05) is 23.0 Å². The highest BCUT2D eigenvalue weighted by Gasteiger charge is 2.36. The predicted octanol–water partition coefficient (Wildman–Crippen LogP) is 1.35. The van der Waals surface area contributed by atoms with Crippen molar-refractivity contribution in [3.63, 3.8) is 0 Å². The highest BCUT2D eigenvalue weighted by Crippen LogP contribution is 2.31. The number of sulfone groups is 1. The molecule has 0 atom stereocenters. The lowest BCUT2D eigenvalue weighted by Crippen LogP contribution is -2.34. The van der Waals surface area contributed by atoms with Crippen LogP contribution in [-0.2, 0) is 14.6 Å². The Morgan fingerprint density at radius 2 is 1.85 bits per heavy atom. The van der Waals surface area contributed by atoms with Crippen LogP contribution in [-0.4, -0.2) is 38.2 Å². The second-order valence-corrected chi connectivity index (χ2v) is 7.21. The maximum Gasteiger partial charge on any atom is 0.299 e. The summed E-state index contributed by atoms with van der Waals surface area (Å²) in [4.78, 5) is 25.1. The molecule has 0 bridgehead atoms. The molecule has 2 rings (SSSR count). The smallest absolute Gasteiger partial charge is 0.299 e. The van der Waals surface area contributed by atoms with Crippen molar-refractivity contribution < 1.29 is 18.0 Å². The molecule has 108 valence electrons. The number of amides is 1. The third-order valence-corrected chi connectivity index (χ3v) is 5.17. The number of hydrogen-bond donors (Lipinski definition) is 0. The fraction of sp³-hybridized carbons (Fsp3) is 0.429. The molecule has 0 aromatic heterocycles. The maximum atomic E-state index is 12.0. The van der Waals surface area contributed by atoms with Crippen LogP contribution in [0.3, 0.4) is 0 Å². The monoisotopic (exact) mass is 295 g/mol. The summed E-state index contributed by atoms with van der Waals surface area (Å²) in [6.07, 6.45) is 0.546. The highest BCUT2D eigenvalue weighted by molar-refractivity contribution is 7.91. The Labute approximate surface area is 118 Å². The largest absolute Gasteiger partial charge is 0.303 e. The number of benzene rings is 1. The van der Waals surface area contributed by atoms with Crippen LogP contribution < -0.4 is 4.90 Å². The highest BCUT2D eigenvalue weighted by atomic mass is 32.2. The summed E-state index contributed by atoms with van der Waals surface area (Å²) >= 11 is 0. The Bertz CT molecular complexity index is 664. The quantitative estimate of drug-likeness (QED) is 0.769. The molecule has 1 aliphatic rings. The fourth-order valence-corrected chi connectivity index (χ4v) is 3.68. The molecular formula is C14H17NO4S. The summed E-state index contributed by atoms with van der Waals surface area (Å²) in [6.45, 7) is 3.63. The van der Waals surface area contributed by atoms with Gasteiger partial charge in [-0.15, -0.1) is 0 Å². The summed E-state index contributed by atoms with van der Waals surface area (Å²) in [5, 5.41) is 0. The lowest BCUT2D eigenvalue weighted by molar-refractivity contribution is -0.114. The van der Waals surface area contributed by atoms with Crippen molar-refractivity contribution in [1.29, 1.82) is 0 Å². The van der Waals surface area contributed by atoms with Gasteiger partial charge >= 0.3 is 0 Å². The first-order valence-electron chi connectivity index (χ1n) is 6.53. The predicted molar refractivity (Wildman–Crippen MR) is 76.8 cm³/mol. The molecule has 20 heavy (non-hydrogen) atoms. The van der Waals surface area contributed by atoms with E-state index in [4.69, 9.17) is 0 Å². The summed E-state index contributed by atoms with van der Waals surface area (Å²) < 4.78 is 23.5. The zero-order chi connectivity index (χ0) is 14.9. The first-order valence-corrected chi connectivity index (χ1v) is 8.35. The van der Waals surface area contributed by atoms with E-state index in [1.165, 1.54) is 4.90 Å². The second kappa shape index (κ2) is 5.36. The minimum Gasteiger partial charge on any atom is -0.303 e. The lowest BCUT2D eigenvalue weighted by atomic mass is 10.1. The number of rotatable bonds is 5. The molecule has 0 aliphatic carbocycles. The number of para-hydroxylation sites is 1. The van der Waals surface area contributed by atoms with Gasteiger partial charge in [0.2, 0.25) is 0 Å². The normalized spacial score (nSPS) is 14.8. The van der Waals surface area contributed by atoms with Crippen LogP contribution in [0, 0.1) is 6.92 Å². The van der Waals surface area contributed by atoms with Crippen LogP contribution in [0.4, 0.5) is 5.69 Å². The van der Waals surface area contributed by atoms with E-state index in [-0.39, 0.29) is 18.1 Å². The Kier molecular flexibility index (Phi) is 3.94. The Balaban J connectivity index is 2.27. The molecule has 1 aromatic carbocycles. The molecule has 1 aromatic rings. The Morgan fingerprint density at radius 3 is 2.50 bits per heavy atom. The number of carbonyl (C=O) groups is 2. The lowest BCUT2D eigenvalue weighted by Gasteiger charge is -2.18. The molecule has 0 N–H and O–H groups in total. The molecule has 0 saturated carbocycles. The zero-order valence-corrected chi connectivity index (χ0v) is 12.4. The second-order valence-electron chi connectivity index (χ2n) is 4.91. The summed E-state index contributed by atoms with van der Waals surface area (Å²) in [5.74, 6) is -1.21. The van der Waals surface area contributed by atoms with E-state index in [2.05, 4.69) is 0 Å². The standard InChI is InChI=1S/C14H17NO4S/c1-3-8-20(18,19)9-7-15-12-10(2)5-4-6-11(12)13(16)14(15)17/h4-6H,3,7-9H2,1-2H3. The average Bonchev–Trinajstić information content (AvgIpc) is 2.62. The van der Waals surface area contributed by atoms with Gasteiger partial charge in [-0.1, -0.05) is 19.1 Å². The summed E-state index contributed by atoms with van der Waals surface area (Å²) in [5.41, 5.74) is 1.71.